The minimum Gasteiger partial charge on any atom is -0.376 e. The van der Waals surface area contributed by atoms with Crippen LogP contribution in [-0.2, 0) is 25.9 Å². The quantitative estimate of drug-likeness (QED) is 0.726. The molecule has 146 valence electrons. The van der Waals surface area contributed by atoms with E-state index in [1.165, 1.54) is 11.8 Å². The molecule has 0 bridgehead atoms. The number of hydrogen-bond acceptors (Lipinski definition) is 6. The van der Waals surface area contributed by atoms with E-state index < -0.39 is 15.4 Å². The van der Waals surface area contributed by atoms with Crippen LogP contribution in [-0.4, -0.2) is 59.4 Å². The molecule has 9 heteroatoms. The van der Waals surface area contributed by atoms with Gasteiger partial charge in [0.15, 0.2) is 15.0 Å². The highest BCUT2D eigenvalue weighted by Crippen LogP contribution is 2.26. The van der Waals surface area contributed by atoms with E-state index in [1.807, 2.05) is 13.8 Å². The minimum absolute atomic E-state index is 0.0161. The summed E-state index contributed by atoms with van der Waals surface area (Å²) in [5.41, 5.74) is 1.40. The monoisotopic (exact) mass is 401 g/mol. The first-order valence-corrected chi connectivity index (χ1v) is 11.8. The van der Waals surface area contributed by atoms with Gasteiger partial charge in [0.25, 0.3) is 0 Å². The predicted molar refractivity (Wildman–Crippen MR) is 101 cm³/mol. The molecule has 2 saturated heterocycles. The van der Waals surface area contributed by atoms with Crippen LogP contribution in [0.15, 0.2) is 5.16 Å². The Balaban J connectivity index is 1.60. The van der Waals surface area contributed by atoms with Crippen LogP contribution >= 0.6 is 11.8 Å². The Morgan fingerprint density at radius 1 is 1.46 bits per heavy atom. The Bertz CT molecular complexity index is 784. The van der Waals surface area contributed by atoms with Crippen molar-refractivity contribution in [3.8, 4) is 0 Å². The molecule has 1 aromatic heterocycles. The van der Waals surface area contributed by atoms with Gasteiger partial charge in [0, 0.05) is 12.3 Å². The average molecular weight is 402 g/mol. The van der Waals surface area contributed by atoms with E-state index in [1.54, 1.807) is 6.92 Å². The largest absolute Gasteiger partial charge is 0.376 e. The molecule has 0 saturated carbocycles. The van der Waals surface area contributed by atoms with Gasteiger partial charge in [-0.15, -0.1) is 0 Å². The number of amides is 1. The number of rotatable bonds is 6. The summed E-state index contributed by atoms with van der Waals surface area (Å²) in [5, 5.41) is 3.71. The van der Waals surface area contributed by atoms with Gasteiger partial charge in [0.2, 0.25) is 5.91 Å². The highest BCUT2D eigenvalue weighted by Gasteiger charge is 2.39. The van der Waals surface area contributed by atoms with Crippen LogP contribution < -0.4 is 5.32 Å². The van der Waals surface area contributed by atoms with Gasteiger partial charge in [0.1, 0.15) is 0 Å². The van der Waals surface area contributed by atoms with Gasteiger partial charge in [-0.1, -0.05) is 11.8 Å². The third kappa shape index (κ3) is 4.61. The molecule has 0 spiro atoms. The van der Waals surface area contributed by atoms with Crippen molar-refractivity contribution >= 4 is 27.5 Å². The van der Waals surface area contributed by atoms with Crippen LogP contribution in [0.4, 0.5) is 0 Å². The van der Waals surface area contributed by atoms with Crippen LogP contribution in [0.2, 0.25) is 0 Å². The first-order valence-electron chi connectivity index (χ1n) is 8.97. The number of imidazole rings is 1. The molecule has 1 aromatic rings. The Kier molecular flexibility index (Phi) is 5.69. The van der Waals surface area contributed by atoms with Crippen molar-refractivity contribution in [2.75, 3.05) is 23.9 Å². The maximum absolute atomic E-state index is 12.3. The molecule has 3 rings (SSSR count). The maximum atomic E-state index is 12.3. The number of sulfone groups is 1. The number of ether oxygens (including phenoxy) is 1. The topological polar surface area (TPSA) is 90.3 Å². The van der Waals surface area contributed by atoms with Crippen LogP contribution in [0.3, 0.4) is 0 Å². The molecule has 2 unspecified atom stereocenters. The SMILES string of the molecule is Cc1nc(SCC(=O)NC2(C)CCS(=O)(=O)C2)n(CC2CCCO2)c1C. The Morgan fingerprint density at radius 2 is 2.23 bits per heavy atom. The van der Waals surface area contributed by atoms with Crippen molar-refractivity contribution in [1.29, 1.82) is 0 Å². The summed E-state index contributed by atoms with van der Waals surface area (Å²) in [4.78, 5) is 16.9. The molecule has 2 atom stereocenters. The predicted octanol–water partition coefficient (Wildman–Crippen LogP) is 1.46. The summed E-state index contributed by atoms with van der Waals surface area (Å²) in [5.74, 6) is 0.219. The number of aryl methyl sites for hydroxylation is 1. The summed E-state index contributed by atoms with van der Waals surface area (Å²) in [6, 6.07) is 0. The number of carbonyl (C=O) groups is 1. The lowest BCUT2D eigenvalue weighted by Gasteiger charge is -2.23. The van der Waals surface area contributed by atoms with E-state index in [0.29, 0.717) is 6.42 Å². The van der Waals surface area contributed by atoms with Crippen molar-refractivity contribution in [2.45, 2.75) is 63.4 Å². The summed E-state index contributed by atoms with van der Waals surface area (Å²) in [6.07, 6.45) is 2.81. The van der Waals surface area contributed by atoms with E-state index in [4.69, 9.17) is 4.74 Å². The van der Waals surface area contributed by atoms with Crippen molar-refractivity contribution in [2.24, 2.45) is 0 Å². The zero-order chi connectivity index (χ0) is 18.9. The molecule has 2 aliphatic rings. The van der Waals surface area contributed by atoms with E-state index in [0.717, 1.165) is 42.5 Å². The van der Waals surface area contributed by atoms with Crippen LogP contribution in [0.5, 0.6) is 0 Å². The van der Waals surface area contributed by atoms with Gasteiger partial charge in [0.05, 0.1) is 41.1 Å². The lowest BCUT2D eigenvalue weighted by atomic mass is 10.0. The molecule has 3 heterocycles. The molecule has 0 aliphatic carbocycles. The molecule has 1 amide bonds. The van der Waals surface area contributed by atoms with Crippen LogP contribution in [0.1, 0.15) is 37.6 Å². The lowest BCUT2D eigenvalue weighted by molar-refractivity contribution is -0.120. The van der Waals surface area contributed by atoms with E-state index in [2.05, 4.69) is 14.9 Å². The number of carbonyl (C=O) groups excluding carboxylic acids is 1. The fourth-order valence-electron chi connectivity index (χ4n) is 3.55. The number of nitrogens with one attached hydrogen (secondary N) is 1. The molecular weight excluding hydrogens is 374 g/mol. The van der Waals surface area contributed by atoms with Crippen molar-refractivity contribution in [3.05, 3.63) is 11.4 Å². The number of hydrogen-bond donors (Lipinski definition) is 1. The second kappa shape index (κ2) is 7.52. The number of nitrogens with zero attached hydrogens (tertiary/aromatic N) is 2. The van der Waals surface area contributed by atoms with Crippen LogP contribution in [0, 0.1) is 13.8 Å². The first kappa shape index (κ1) is 19.7. The lowest BCUT2D eigenvalue weighted by Crippen LogP contribution is -2.47. The summed E-state index contributed by atoms with van der Waals surface area (Å²) in [6.45, 7) is 7.37. The summed E-state index contributed by atoms with van der Waals surface area (Å²) < 4.78 is 31.2. The standard InChI is InChI=1S/C17H27N3O4S2/c1-12-13(2)20(9-14-5-4-7-24-14)16(18-12)25-10-15(21)19-17(3)6-8-26(22,23)11-17/h14H,4-11H2,1-3H3,(H,19,21). The molecule has 1 N–H and O–H groups in total. The normalized spacial score (nSPS) is 27.7. The van der Waals surface area contributed by atoms with Crippen molar-refractivity contribution < 1.29 is 17.9 Å². The fraction of sp³-hybridized carbons (Fsp3) is 0.765. The Labute approximate surface area is 159 Å². The minimum atomic E-state index is -3.04. The van der Waals surface area contributed by atoms with Gasteiger partial charge in [-0.05, 0) is 40.0 Å². The number of thioether (sulfide) groups is 1. The van der Waals surface area contributed by atoms with Gasteiger partial charge in [-0.2, -0.15) is 0 Å². The third-order valence-corrected chi connectivity index (χ3v) is 7.99. The second-order valence-corrected chi connectivity index (χ2v) is 10.7. The maximum Gasteiger partial charge on any atom is 0.230 e. The highest BCUT2D eigenvalue weighted by atomic mass is 32.2. The van der Waals surface area contributed by atoms with Crippen molar-refractivity contribution in [1.82, 2.24) is 14.9 Å². The average Bonchev–Trinajstić information content (AvgIpc) is 3.21. The molecule has 2 aliphatic heterocycles. The van der Waals surface area contributed by atoms with E-state index >= 15 is 0 Å². The third-order valence-electron chi connectivity index (χ3n) is 5.11. The Hall–Kier alpha value is -1.06. The number of aromatic nitrogens is 2. The molecule has 2 fully saturated rings. The molecule has 0 aromatic carbocycles. The van der Waals surface area contributed by atoms with E-state index in [9.17, 15) is 13.2 Å². The van der Waals surface area contributed by atoms with Gasteiger partial charge in [-0.25, -0.2) is 13.4 Å². The van der Waals surface area contributed by atoms with Crippen molar-refractivity contribution in [3.63, 3.8) is 0 Å². The smallest absolute Gasteiger partial charge is 0.230 e. The molecule has 0 radical (unpaired) electrons. The second-order valence-electron chi connectivity index (χ2n) is 7.55. The molecular formula is C17H27N3O4S2. The molecule has 7 nitrogen and oxygen atoms in total. The fourth-order valence-corrected chi connectivity index (χ4v) is 6.55. The van der Waals surface area contributed by atoms with Gasteiger partial charge >= 0.3 is 0 Å². The van der Waals surface area contributed by atoms with Crippen LogP contribution in [0.25, 0.3) is 0 Å². The first-order chi connectivity index (χ1) is 12.2. The highest BCUT2D eigenvalue weighted by molar-refractivity contribution is 7.99. The van der Waals surface area contributed by atoms with E-state index in [-0.39, 0.29) is 29.3 Å². The zero-order valence-electron chi connectivity index (χ0n) is 15.6. The van der Waals surface area contributed by atoms with Gasteiger partial charge < -0.3 is 14.6 Å². The summed E-state index contributed by atoms with van der Waals surface area (Å²) in [7, 11) is -3.04. The Morgan fingerprint density at radius 3 is 2.85 bits per heavy atom. The summed E-state index contributed by atoms with van der Waals surface area (Å²) >= 11 is 1.39. The molecule has 26 heavy (non-hydrogen) atoms. The van der Waals surface area contributed by atoms with Gasteiger partial charge in [-0.3, -0.25) is 4.79 Å². The zero-order valence-corrected chi connectivity index (χ0v) is 17.2.